The highest BCUT2D eigenvalue weighted by Crippen LogP contribution is 2.31. The van der Waals surface area contributed by atoms with Gasteiger partial charge in [0.05, 0.1) is 13.2 Å². The number of hydrogen-bond donors (Lipinski definition) is 2. The van der Waals surface area contributed by atoms with E-state index in [2.05, 4.69) is 11.6 Å². The molecule has 6 nitrogen and oxygen atoms in total. The van der Waals surface area contributed by atoms with E-state index in [1.165, 1.54) is 6.08 Å². The van der Waals surface area contributed by atoms with E-state index in [9.17, 15) is 22.8 Å². The molecule has 0 saturated heterocycles. The van der Waals surface area contributed by atoms with Gasteiger partial charge in [-0.25, -0.2) is 9.78 Å². The molecule has 1 aromatic rings. The second-order valence-electron chi connectivity index (χ2n) is 3.73. The van der Waals surface area contributed by atoms with Crippen molar-refractivity contribution >= 4 is 23.2 Å². The largest absolute Gasteiger partial charge is 0.480 e. The molecule has 21 heavy (non-hydrogen) atoms. The van der Waals surface area contributed by atoms with Crippen LogP contribution in [-0.4, -0.2) is 41.2 Å². The molecule has 1 atom stereocenters. The minimum Gasteiger partial charge on any atom is -0.480 e. The summed E-state index contributed by atoms with van der Waals surface area (Å²) in [5.41, 5.74) is -0.498. The van der Waals surface area contributed by atoms with Gasteiger partial charge in [0.2, 0.25) is 0 Å². The van der Waals surface area contributed by atoms with Gasteiger partial charge >= 0.3 is 12.1 Å². The van der Waals surface area contributed by atoms with Crippen molar-refractivity contribution in [1.29, 1.82) is 0 Å². The SMILES string of the molecule is C=CCOCC(NC(=O)c1csc(C(F)(F)F)n1)C(=O)O. The predicted molar refractivity (Wildman–Crippen MR) is 67.0 cm³/mol. The van der Waals surface area contributed by atoms with Gasteiger partial charge in [0.1, 0.15) is 5.69 Å². The van der Waals surface area contributed by atoms with E-state index in [1.54, 1.807) is 0 Å². The van der Waals surface area contributed by atoms with Crippen LogP contribution in [0.2, 0.25) is 0 Å². The number of carbonyl (C=O) groups excluding carboxylic acids is 1. The number of hydrogen-bond acceptors (Lipinski definition) is 5. The van der Waals surface area contributed by atoms with E-state index in [0.29, 0.717) is 0 Å². The van der Waals surface area contributed by atoms with Gasteiger partial charge in [0.25, 0.3) is 5.91 Å². The van der Waals surface area contributed by atoms with Gasteiger partial charge in [-0.05, 0) is 0 Å². The molecule has 0 bridgehead atoms. The molecule has 1 rings (SSSR count). The molecular formula is C11H11F3N2O4S. The summed E-state index contributed by atoms with van der Waals surface area (Å²) in [6.45, 7) is 3.10. The van der Waals surface area contributed by atoms with E-state index in [0.717, 1.165) is 5.38 Å². The third-order valence-electron chi connectivity index (χ3n) is 2.10. The first-order chi connectivity index (χ1) is 9.75. The topological polar surface area (TPSA) is 88.5 Å². The van der Waals surface area contributed by atoms with Crippen LogP contribution in [0.15, 0.2) is 18.0 Å². The third-order valence-corrected chi connectivity index (χ3v) is 2.99. The Labute approximate surface area is 121 Å². The average molecular weight is 324 g/mol. The number of amides is 1. The number of ether oxygens (including phenoxy) is 1. The normalized spacial score (nSPS) is 12.7. The molecule has 0 aliphatic heterocycles. The van der Waals surface area contributed by atoms with Crippen molar-refractivity contribution in [3.05, 3.63) is 28.7 Å². The first kappa shape index (κ1) is 17.1. The number of rotatable bonds is 7. The Kier molecular flexibility index (Phi) is 5.85. The van der Waals surface area contributed by atoms with Crippen molar-refractivity contribution in [3.63, 3.8) is 0 Å². The summed E-state index contributed by atoms with van der Waals surface area (Å²) in [6.07, 6.45) is -3.26. The standard InChI is InChI=1S/C11H11F3N2O4S/c1-2-3-20-4-6(9(18)19)15-8(17)7-5-21-10(16-7)11(12,13)14/h2,5-6H,1,3-4H2,(H,15,17)(H,18,19). The van der Waals surface area contributed by atoms with Crippen LogP contribution in [0, 0.1) is 0 Å². The lowest BCUT2D eigenvalue weighted by molar-refractivity contribution is -0.141. The van der Waals surface area contributed by atoms with Crippen molar-refractivity contribution in [2.24, 2.45) is 0 Å². The van der Waals surface area contributed by atoms with Crippen LogP contribution in [0.5, 0.6) is 0 Å². The minimum atomic E-state index is -4.65. The Morgan fingerprint density at radius 2 is 2.24 bits per heavy atom. The number of nitrogens with zero attached hydrogens (tertiary/aromatic N) is 1. The lowest BCUT2D eigenvalue weighted by Gasteiger charge is -2.13. The van der Waals surface area contributed by atoms with Crippen LogP contribution in [0.4, 0.5) is 13.2 Å². The number of carboxylic acids is 1. The van der Waals surface area contributed by atoms with E-state index < -0.39 is 34.8 Å². The summed E-state index contributed by atoms with van der Waals surface area (Å²) in [4.78, 5) is 25.7. The van der Waals surface area contributed by atoms with Crippen molar-refractivity contribution in [2.75, 3.05) is 13.2 Å². The molecule has 0 radical (unpaired) electrons. The van der Waals surface area contributed by atoms with Gasteiger partial charge in [0, 0.05) is 5.38 Å². The van der Waals surface area contributed by atoms with E-state index >= 15 is 0 Å². The fourth-order valence-corrected chi connectivity index (χ4v) is 1.85. The second-order valence-corrected chi connectivity index (χ2v) is 4.58. The van der Waals surface area contributed by atoms with Crippen LogP contribution in [0.1, 0.15) is 15.5 Å². The van der Waals surface area contributed by atoms with E-state index in [4.69, 9.17) is 9.84 Å². The molecule has 1 aromatic heterocycles. The molecule has 10 heteroatoms. The second kappa shape index (κ2) is 7.18. The lowest BCUT2D eigenvalue weighted by Crippen LogP contribution is -2.44. The maximum atomic E-state index is 12.4. The number of nitrogens with one attached hydrogen (secondary N) is 1. The van der Waals surface area contributed by atoms with Crippen LogP contribution in [0.25, 0.3) is 0 Å². The maximum Gasteiger partial charge on any atom is 0.443 e. The highest BCUT2D eigenvalue weighted by molar-refractivity contribution is 7.09. The number of aromatic nitrogens is 1. The number of carbonyl (C=O) groups is 2. The summed E-state index contributed by atoms with van der Waals surface area (Å²) in [5, 5.41) is 10.6. The highest BCUT2D eigenvalue weighted by atomic mass is 32.1. The maximum absolute atomic E-state index is 12.4. The van der Waals surface area contributed by atoms with Crippen LogP contribution in [-0.2, 0) is 15.7 Å². The predicted octanol–water partition coefficient (Wildman–Crippen LogP) is 1.55. The van der Waals surface area contributed by atoms with Crippen molar-refractivity contribution in [3.8, 4) is 0 Å². The molecule has 0 spiro atoms. The number of carboxylic acid groups (broad SMARTS) is 1. The molecule has 0 aliphatic carbocycles. The van der Waals surface area contributed by atoms with Crippen LogP contribution in [0.3, 0.4) is 0 Å². The summed E-state index contributed by atoms with van der Waals surface area (Å²) < 4.78 is 42.0. The van der Waals surface area contributed by atoms with Crippen LogP contribution >= 0.6 is 11.3 Å². The zero-order chi connectivity index (χ0) is 16.0. The van der Waals surface area contributed by atoms with Gasteiger partial charge in [0.15, 0.2) is 11.0 Å². The molecule has 1 amide bonds. The van der Waals surface area contributed by atoms with Crippen molar-refractivity contribution in [1.82, 2.24) is 10.3 Å². The van der Waals surface area contributed by atoms with Gasteiger partial charge in [-0.1, -0.05) is 6.08 Å². The first-order valence-corrected chi connectivity index (χ1v) is 6.38. The quantitative estimate of drug-likeness (QED) is 0.587. The molecular weight excluding hydrogens is 313 g/mol. The molecule has 1 unspecified atom stereocenters. The van der Waals surface area contributed by atoms with Crippen molar-refractivity contribution in [2.45, 2.75) is 12.2 Å². The first-order valence-electron chi connectivity index (χ1n) is 5.50. The molecule has 116 valence electrons. The number of thiazole rings is 1. The van der Waals surface area contributed by atoms with E-state index in [-0.39, 0.29) is 24.6 Å². The van der Waals surface area contributed by atoms with Crippen LogP contribution < -0.4 is 5.32 Å². The fourth-order valence-electron chi connectivity index (χ4n) is 1.18. The monoisotopic (exact) mass is 324 g/mol. The number of alkyl halides is 3. The highest BCUT2D eigenvalue weighted by Gasteiger charge is 2.35. The van der Waals surface area contributed by atoms with Gasteiger partial charge in [-0.15, -0.1) is 17.9 Å². The number of aliphatic carboxylic acids is 1. The summed E-state index contributed by atoms with van der Waals surface area (Å²) in [5.74, 6) is -2.39. The van der Waals surface area contributed by atoms with Gasteiger partial charge < -0.3 is 15.2 Å². The summed E-state index contributed by atoms with van der Waals surface area (Å²) in [7, 11) is 0. The fraction of sp³-hybridized carbons (Fsp3) is 0.364. The van der Waals surface area contributed by atoms with Crippen molar-refractivity contribution < 1.29 is 32.6 Å². The molecule has 0 aliphatic rings. The Hall–Kier alpha value is -1.94. The molecule has 0 fully saturated rings. The lowest BCUT2D eigenvalue weighted by atomic mass is 10.3. The zero-order valence-corrected chi connectivity index (χ0v) is 11.3. The third kappa shape index (κ3) is 5.16. The molecule has 1 heterocycles. The van der Waals surface area contributed by atoms with Gasteiger partial charge in [-0.3, -0.25) is 4.79 Å². The minimum absolute atomic E-state index is 0.0779. The summed E-state index contributed by atoms with van der Waals surface area (Å²) >= 11 is 0.253. The smallest absolute Gasteiger partial charge is 0.443 e. The Morgan fingerprint density at radius 1 is 1.57 bits per heavy atom. The average Bonchev–Trinajstić information content (AvgIpc) is 2.86. The molecule has 0 aromatic carbocycles. The zero-order valence-electron chi connectivity index (χ0n) is 10.5. The number of halogens is 3. The summed E-state index contributed by atoms with van der Waals surface area (Å²) in [6, 6.07) is -1.39. The molecule has 2 N–H and O–H groups in total. The Morgan fingerprint density at radius 3 is 2.71 bits per heavy atom. The molecule has 0 saturated carbocycles. The van der Waals surface area contributed by atoms with E-state index in [1.807, 2.05) is 5.32 Å². The Bertz CT molecular complexity index is 530. The Balaban J connectivity index is 2.71. The van der Waals surface area contributed by atoms with Gasteiger partial charge in [-0.2, -0.15) is 13.2 Å².